The molecule has 1 unspecified atom stereocenters. The van der Waals surface area contributed by atoms with Crippen molar-refractivity contribution in [3.8, 4) is 0 Å². The molecule has 0 aliphatic heterocycles. The number of benzene rings is 1. The first-order valence-corrected chi connectivity index (χ1v) is 9.01. The number of esters is 2. The summed E-state index contributed by atoms with van der Waals surface area (Å²) in [5, 5.41) is 0.670. The van der Waals surface area contributed by atoms with Crippen LogP contribution in [-0.2, 0) is 25.5 Å². The molecule has 1 aromatic rings. The molecule has 0 spiro atoms. The Labute approximate surface area is 148 Å². The molecule has 5 heteroatoms. The Morgan fingerprint density at radius 1 is 1.17 bits per heavy atom. The molecule has 1 aliphatic rings. The number of hydrogen-bond donors (Lipinski definition) is 0. The van der Waals surface area contributed by atoms with Crippen LogP contribution in [0.15, 0.2) is 18.2 Å². The Hall–Kier alpha value is -1.55. The van der Waals surface area contributed by atoms with Gasteiger partial charge in [0, 0.05) is 10.9 Å². The SMILES string of the molecule is CCOC(=O)C(CC)(C(=O)OCC)C1CCCc2cc(Cl)ccc21. The van der Waals surface area contributed by atoms with E-state index in [-0.39, 0.29) is 19.1 Å². The van der Waals surface area contributed by atoms with Gasteiger partial charge in [0.05, 0.1) is 13.2 Å². The van der Waals surface area contributed by atoms with Crippen molar-refractivity contribution < 1.29 is 19.1 Å². The molecule has 4 nitrogen and oxygen atoms in total. The Morgan fingerprint density at radius 2 is 1.79 bits per heavy atom. The standard InChI is InChI=1S/C19H25ClO4/c1-4-19(17(21)23-5-2,18(22)24-6-3)16-9-7-8-13-12-14(20)10-11-15(13)16/h10-12,16H,4-9H2,1-3H3. The largest absolute Gasteiger partial charge is 0.465 e. The predicted octanol–water partition coefficient (Wildman–Crippen LogP) is 4.28. The minimum Gasteiger partial charge on any atom is -0.465 e. The lowest BCUT2D eigenvalue weighted by molar-refractivity contribution is -0.175. The highest BCUT2D eigenvalue weighted by Gasteiger charge is 2.54. The first kappa shape index (κ1) is 18.8. The van der Waals surface area contributed by atoms with Gasteiger partial charge in [0.25, 0.3) is 0 Å². The predicted molar refractivity (Wildman–Crippen MR) is 93.1 cm³/mol. The number of rotatable bonds is 6. The van der Waals surface area contributed by atoms with Crippen LogP contribution in [0.1, 0.15) is 57.1 Å². The number of halogens is 1. The van der Waals surface area contributed by atoms with E-state index >= 15 is 0 Å². The van der Waals surface area contributed by atoms with Gasteiger partial charge in [0.1, 0.15) is 0 Å². The Bertz CT molecular complexity index is 593. The molecule has 24 heavy (non-hydrogen) atoms. The number of aryl methyl sites for hydroxylation is 1. The molecule has 1 aliphatic carbocycles. The zero-order valence-electron chi connectivity index (χ0n) is 14.6. The third-order valence-corrected chi connectivity index (χ3v) is 5.09. The van der Waals surface area contributed by atoms with E-state index in [1.165, 1.54) is 0 Å². The first-order valence-electron chi connectivity index (χ1n) is 8.63. The summed E-state index contributed by atoms with van der Waals surface area (Å²) in [6.45, 7) is 5.81. The molecule has 0 fully saturated rings. The maximum Gasteiger partial charge on any atom is 0.324 e. The van der Waals surface area contributed by atoms with Gasteiger partial charge in [-0.2, -0.15) is 0 Å². The van der Waals surface area contributed by atoms with Crippen molar-refractivity contribution in [3.05, 3.63) is 34.3 Å². The van der Waals surface area contributed by atoms with Gasteiger partial charge in [-0.1, -0.05) is 24.6 Å². The average molecular weight is 353 g/mol. The van der Waals surface area contributed by atoms with E-state index in [9.17, 15) is 9.59 Å². The summed E-state index contributed by atoms with van der Waals surface area (Å²) in [7, 11) is 0. The highest BCUT2D eigenvalue weighted by atomic mass is 35.5. The smallest absolute Gasteiger partial charge is 0.324 e. The molecule has 1 aromatic carbocycles. The molecule has 2 rings (SSSR count). The van der Waals surface area contributed by atoms with Crippen LogP contribution >= 0.6 is 11.6 Å². The van der Waals surface area contributed by atoms with Gasteiger partial charge in [0.2, 0.25) is 0 Å². The van der Waals surface area contributed by atoms with Gasteiger partial charge < -0.3 is 9.47 Å². The molecule has 0 aromatic heterocycles. The fourth-order valence-corrected chi connectivity index (χ4v) is 3.91. The second-order valence-corrected chi connectivity index (χ2v) is 6.49. The van der Waals surface area contributed by atoms with E-state index in [4.69, 9.17) is 21.1 Å². The van der Waals surface area contributed by atoms with E-state index < -0.39 is 17.4 Å². The average Bonchev–Trinajstić information content (AvgIpc) is 2.56. The molecule has 132 valence electrons. The van der Waals surface area contributed by atoms with Crippen LogP contribution in [0.25, 0.3) is 0 Å². The van der Waals surface area contributed by atoms with E-state index in [0.717, 1.165) is 30.4 Å². The molecule has 0 saturated heterocycles. The number of ether oxygens (including phenoxy) is 2. The second kappa shape index (κ2) is 8.02. The lowest BCUT2D eigenvalue weighted by atomic mass is 9.64. The van der Waals surface area contributed by atoms with Crippen molar-refractivity contribution in [1.29, 1.82) is 0 Å². The fourth-order valence-electron chi connectivity index (χ4n) is 3.72. The summed E-state index contributed by atoms with van der Waals surface area (Å²) >= 11 is 6.11. The summed E-state index contributed by atoms with van der Waals surface area (Å²) < 4.78 is 10.6. The van der Waals surface area contributed by atoms with Crippen molar-refractivity contribution in [3.63, 3.8) is 0 Å². The number of fused-ring (bicyclic) bond motifs is 1. The lowest BCUT2D eigenvalue weighted by Crippen LogP contribution is -2.47. The molecule has 0 amide bonds. The number of carbonyl (C=O) groups excluding carboxylic acids is 2. The molecular weight excluding hydrogens is 328 g/mol. The minimum atomic E-state index is -1.30. The van der Waals surface area contributed by atoms with Crippen molar-refractivity contribution in [2.24, 2.45) is 5.41 Å². The maximum atomic E-state index is 12.8. The van der Waals surface area contributed by atoms with Crippen LogP contribution in [0.5, 0.6) is 0 Å². The van der Waals surface area contributed by atoms with E-state index in [1.807, 2.05) is 25.1 Å². The first-order chi connectivity index (χ1) is 11.5. The van der Waals surface area contributed by atoms with Crippen LogP contribution in [0.2, 0.25) is 5.02 Å². The van der Waals surface area contributed by atoms with Gasteiger partial charge in [0.15, 0.2) is 5.41 Å². The molecule has 0 saturated carbocycles. The van der Waals surface area contributed by atoms with Crippen molar-refractivity contribution in [2.75, 3.05) is 13.2 Å². The van der Waals surface area contributed by atoms with Gasteiger partial charge in [-0.3, -0.25) is 9.59 Å². The fraction of sp³-hybridized carbons (Fsp3) is 0.579. The molecule has 0 heterocycles. The van der Waals surface area contributed by atoms with Gasteiger partial charge in [-0.25, -0.2) is 0 Å². The van der Waals surface area contributed by atoms with Gasteiger partial charge in [-0.15, -0.1) is 0 Å². The quantitative estimate of drug-likeness (QED) is 0.566. The van der Waals surface area contributed by atoms with Crippen LogP contribution in [0, 0.1) is 5.41 Å². The van der Waals surface area contributed by atoms with Crippen LogP contribution in [0.4, 0.5) is 0 Å². The van der Waals surface area contributed by atoms with E-state index in [1.54, 1.807) is 13.8 Å². The Balaban J connectivity index is 2.56. The minimum absolute atomic E-state index is 0.236. The highest BCUT2D eigenvalue weighted by Crippen LogP contribution is 2.48. The van der Waals surface area contributed by atoms with Crippen molar-refractivity contribution in [1.82, 2.24) is 0 Å². The molecular formula is C19H25ClO4. The van der Waals surface area contributed by atoms with Gasteiger partial charge >= 0.3 is 11.9 Å². The monoisotopic (exact) mass is 352 g/mol. The Morgan fingerprint density at radius 3 is 2.33 bits per heavy atom. The van der Waals surface area contributed by atoms with Gasteiger partial charge in [-0.05, 0) is 62.8 Å². The molecule has 0 bridgehead atoms. The third-order valence-electron chi connectivity index (χ3n) is 4.85. The zero-order chi connectivity index (χ0) is 17.7. The molecule has 0 radical (unpaired) electrons. The van der Waals surface area contributed by atoms with Crippen molar-refractivity contribution in [2.45, 2.75) is 52.4 Å². The summed E-state index contributed by atoms with van der Waals surface area (Å²) in [6.07, 6.45) is 2.90. The Kier molecular flexibility index (Phi) is 6.27. The van der Waals surface area contributed by atoms with Crippen LogP contribution in [-0.4, -0.2) is 25.2 Å². The highest BCUT2D eigenvalue weighted by molar-refractivity contribution is 6.30. The van der Waals surface area contributed by atoms with E-state index in [2.05, 4.69) is 0 Å². The number of hydrogen-bond acceptors (Lipinski definition) is 4. The second-order valence-electron chi connectivity index (χ2n) is 6.05. The normalized spacial score (nSPS) is 17.1. The summed E-state index contributed by atoms with van der Waals surface area (Å²) in [5.74, 6) is -1.22. The van der Waals surface area contributed by atoms with Crippen LogP contribution < -0.4 is 0 Å². The summed E-state index contributed by atoms with van der Waals surface area (Å²) in [5.41, 5.74) is 0.813. The van der Waals surface area contributed by atoms with Crippen molar-refractivity contribution >= 4 is 23.5 Å². The topological polar surface area (TPSA) is 52.6 Å². The lowest BCUT2D eigenvalue weighted by Gasteiger charge is -2.39. The molecule has 1 atom stereocenters. The summed E-state index contributed by atoms with van der Waals surface area (Å²) in [4.78, 5) is 25.7. The van der Waals surface area contributed by atoms with E-state index in [0.29, 0.717) is 11.4 Å². The molecule has 0 N–H and O–H groups in total. The van der Waals surface area contributed by atoms with Crippen LogP contribution in [0.3, 0.4) is 0 Å². The third kappa shape index (κ3) is 3.30. The maximum absolute atomic E-state index is 12.8. The summed E-state index contributed by atoms with van der Waals surface area (Å²) in [6, 6.07) is 5.68. The number of carbonyl (C=O) groups is 2. The zero-order valence-corrected chi connectivity index (χ0v) is 15.3.